The van der Waals surface area contributed by atoms with E-state index in [0.29, 0.717) is 17.7 Å². The molecule has 1 aliphatic rings. The highest BCUT2D eigenvalue weighted by atomic mass is 32.2. The number of sulfone groups is 1. The normalized spacial score (nSPS) is 24.4. The Morgan fingerprint density at radius 2 is 2.00 bits per heavy atom. The van der Waals surface area contributed by atoms with Gasteiger partial charge in [-0.3, -0.25) is 9.48 Å². The highest BCUT2D eigenvalue weighted by molar-refractivity contribution is 7.91. The molecule has 0 saturated heterocycles. The maximum atomic E-state index is 11.7. The monoisotopic (exact) mass is 284 g/mol. The van der Waals surface area contributed by atoms with E-state index < -0.39 is 9.84 Å². The average molecular weight is 284 g/mol. The first kappa shape index (κ1) is 14.2. The van der Waals surface area contributed by atoms with Gasteiger partial charge in [0, 0.05) is 11.9 Å². The Bertz CT molecular complexity index is 589. The highest BCUT2D eigenvalue weighted by Gasteiger charge is 2.31. The van der Waals surface area contributed by atoms with E-state index in [-0.39, 0.29) is 11.3 Å². The van der Waals surface area contributed by atoms with Crippen molar-refractivity contribution < 1.29 is 13.2 Å². The summed E-state index contributed by atoms with van der Waals surface area (Å²) >= 11 is 0. The van der Waals surface area contributed by atoms with Crippen LogP contribution in [-0.4, -0.2) is 36.0 Å². The number of nitrogens with zero attached hydrogens (tertiary/aromatic N) is 2. The molecule has 2 unspecified atom stereocenters. The first-order valence-corrected chi connectivity index (χ1v) is 8.49. The van der Waals surface area contributed by atoms with Gasteiger partial charge in [0.15, 0.2) is 6.29 Å². The van der Waals surface area contributed by atoms with Crippen molar-refractivity contribution in [1.29, 1.82) is 0 Å². The average Bonchev–Trinajstić information content (AvgIpc) is 2.63. The molecule has 1 heterocycles. The van der Waals surface area contributed by atoms with Crippen LogP contribution in [0.15, 0.2) is 0 Å². The summed E-state index contributed by atoms with van der Waals surface area (Å²) in [5.41, 5.74) is 2.18. The van der Waals surface area contributed by atoms with Crippen LogP contribution < -0.4 is 0 Å². The first-order chi connectivity index (χ1) is 8.84. The fourth-order valence-corrected chi connectivity index (χ4v) is 4.10. The molecular formula is C13H20N2O3S. The zero-order chi connectivity index (χ0) is 14.2. The Labute approximate surface area is 113 Å². The third kappa shape index (κ3) is 2.73. The van der Waals surface area contributed by atoms with E-state index >= 15 is 0 Å². The maximum absolute atomic E-state index is 11.7. The summed E-state index contributed by atoms with van der Waals surface area (Å²) in [5.74, 6) is 0. The van der Waals surface area contributed by atoms with Crippen LogP contribution in [0.3, 0.4) is 0 Å². The van der Waals surface area contributed by atoms with Gasteiger partial charge in [-0.2, -0.15) is 5.10 Å². The minimum atomic E-state index is -3.00. The molecule has 0 amide bonds. The van der Waals surface area contributed by atoms with Crippen LogP contribution in [-0.2, 0) is 9.84 Å². The number of hydrogen-bond acceptors (Lipinski definition) is 4. The Morgan fingerprint density at radius 1 is 1.32 bits per heavy atom. The molecule has 0 radical (unpaired) electrons. The number of aryl methyl sites for hydroxylation is 1. The number of hydrogen-bond donors (Lipinski definition) is 0. The van der Waals surface area contributed by atoms with E-state index in [4.69, 9.17) is 0 Å². The quantitative estimate of drug-likeness (QED) is 0.794. The Morgan fingerprint density at radius 3 is 2.53 bits per heavy atom. The van der Waals surface area contributed by atoms with Crippen LogP contribution in [0.25, 0.3) is 0 Å². The molecule has 0 bridgehead atoms. The lowest BCUT2D eigenvalue weighted by Gasteiger charge is -2.29. The van der Waals surface area contributed by atoms with Crippen LogP contribution >= 0.6 is 0 Å². The van der Waals surface area contributed by atoms with E-state index in [1.165, 1.54) is 6.26 Å². The van der Waals surface area contributed by atoms with Crippen molar-refractivity contribution in [3.63, 3.8) is 0 Å². The summed E-state index contributed by atoms with van der Waals surface area (Å²) in [5, 5.41) is 4.13. The number of aromatic nitrogens is 2. The molecule has 106 valence electrons. The topological polar surface area (TPSA) is 69.0 Å². The van der Waals surface area contributed by atoms with Crippen molar-refractivity contribution in [1.82, 2.24) is 9.78 Å². The van der Waals surface area contributed by atoms with Gasteiger partial charge in [-0.1, -0.05) is 6.42 Å². The smallest absolute Gasteiger partial charge is 0.153 e. The SMILES string of the molecule is Cc1nn(C2CCCC(S(C)(=O)=O)C2)c(C)c1C=O. The lowest BCUT2D eigenvalue weighted by Crippen LogP contribution is -2.29. The Kier molecular flexibility index (Phi) is 3.80. The molecule has 0 spiro atoms. The number of rotatable bonds is 3. The summed E-state index contributed by atoms with van der Waals surface area (Å²) in [7, 11) is -3.00. The Hall–Kier alpha value is -1.17. The molecule has 1 fully saturated rings. The molecule has 0 aromatic carbocycles. The maximum Gasteiger partial charge on any atom is 0.153 e. The summed E-state index contributed by atoms with van der Waals surface area (Å²) in [6.07, 6.45) is 5.26. The van der Waals surface area contributed by atoms with Crippen molar-refractivity contribution in [3.8, 4) is 0 Å². The largest absolute Gasteiger partial charge is 0.298 e. The highest BCUT2D eigenvalue weighted by Crippen LogP contribution is 2.33. The molecule has 1 aliphatic carbocycles. The second-order valence-corrected chi connectivity index (χ2v) is 7.74. The predicted octanol–water partition coefficient (Wildman–Crippen LogP) is 1.84. The lowest BCUT2D eigenvalue weighted by atomic mass is 9.95. The minimum Gasteiger partial charge on any atom is -0.298 e. The second-order valence-electron chi connectivity index (χ2n) is 5.42. The fourth-order valence-electron chi connectivity index (χ4n) is 2.93. The number of carbonyl (C=O) groups is 1. The summed E-state index contributed by atoms with van der Waals surface area (Å²) in [6.45, 7) is 3.68. The van der Waals surface area contributed by atoms with Crippen LogP contribution in [0, 0.1) is 13.8 Å². The van der Waals surface area contributed by atoms with E-state index in [9.17, 15) is 13.2 Å². The fraction of sp³-hybridized carbons (Fsp3) is 0.692. The van der Waals surface area contributed by atoms with Crippen LogP contribution in [0.2, 0.25) is 0 Å². The van der Waals surface area contributed by atoms with Crippen molar-refractivity contribution in [2.24, 2.45) is 0 Å². The molecular weight excluding hydrogens is 264 g/mol. The second kappa shape index (κ2) is 5.07. The number of carbonyl (C=O) groups excluding carboxylic acids is 1. The van der Waals surface area contributed by atoms with Gasteiger partial charge in [0.2, 0.25) is 0 Å². The van der Waals surface area contributed by atoms with Gasteiger partial charge in [-0.05, 0) is 33.1 Å². The Balaban J connectivity index is 2.30. The molecule has 5 nitrogen and oxygen atoms in total. The van der Waals surface area contributed by atoms with Crippen LogP contribution in [0.5, 0.6) is 0 Å². The minimum absolute atomic E-state index is 0.0841. The standard InChI is InChI=1S/C13H20N2O3S/c1-9-13(8-16)10(2)15(14-9)11-5-4-6-12(7-11)19(3,17)18/h8,11-12H,4-7H2,1-3H3. The summed E-state index contributed by atoms with van der Waals surface area (Å²) in [4.78, 5) is 11.0. The van der Waals surface area contributed by atoms with Crippen LogP contribution in [0.4, 0.5) is 0 Å². The van der Waals surface area contributed by atoms with Gasteiger partial charge >= 0.3 is 0 Å². The van der Waals surface area contributed by atoms with E-state index in [1.54, 1.807) is 0 Å². The third-order valence-corrected chi connectivity index (χ3v) is 5.69. The van der Waals surface area contributed by atoms with Crippen molar-refractivity contribution in [2.75, 3.05) is 6.26 Å². The summed E-state index contributed by atoms with van der Waals surface area (Å²) < 4.78 is 25.2. The van der Waals surface area contributed by atoms with Crippen molar-refractivity contribution in [3.05, 3.63) is 17.0 Å². The van der Waals surface area contributed by atoms with Crippen LogP contribution in [0.1, 0.15) is 53.5 Å². The number of aldehydes is 1. The van der Waals surface area contributed by atoms with E-state index in [2.05, 4.69) is 5.10 Å². The van der Waals surface area contributed by atoms with Gasteiger partial charge < -0.3 is 0 Å². The van der Waals surface area contributed by atoms with Gasteiger partial charge in [0.1, 0.15) is 9.84 Å². The third-order valence-electron chi connectivity index (χ3n) is 4.05. The van der Waals surface area contributed by atoms with Gasteiger partial charge in [-0.15, -0.1) is 0 Å². The molecule has 6 heteroatoms. The zero-order valence-electron chi connectivity index (χ0n) is 11.6. The summed E-state index contributed by atoms with van der Waals surface area (Å²) in [6, 6.07) is 0.0841. The van der Waals surface area contributed by atoms with E-state index in [1.807, 2.05) is 18.5 Å². The van der Waals surface area contributed by atoms with Gasteiger partial charge in [-0.25, -0.2) is 8.42 Å². The van der Waals surface area contributed by atoms with Crippen molar-refractivity contribution >= 4 is 16.1 Å². The molecule has 19 heavy (non-hydrogen) atoms. The molecule has 1 aromatic heterocycles. The predicted molar refractivity (Wildman–Crippen MR) is 73.2 cm³/mol. The van der Waals surface area contributed by atoms with Gasteiger partial charge in [0.25, 0.3) is 0 Å². The lowest BCUT2D eigenvalue weighted by molar-refractivity contribution is 0.112. The molecule has 2 atom stereocenters. The molecule has 0 aliphatic heterocycles. The van der Waals surface area contributed by atoms with E-state index in [0.717, 1.165) is 31.2 Å². The molecule has 1 saturated carbocycles. The zero-order valence-corrected chi connectivity index (χ0v) is 12.4. The molecule has 1 aromatic rings. The first-order valence-electron chi connectivity index (χ1n) is 6.54. The van der Waals surface area contributed by atoms with Gasteiger partial charge in [0.05, 0.1) is 22.5 Å². The molecule has 2 rings (SSSR count). The molecule has 0 N–H and O–H groups in total. The van der Waals surface area contributed by atoms with Crippen molar-refractivity contribution in [2.45, 2.75) is 50.8 Å².